The van der Waals surface area contributed by atoms with E-state index >= 15 is 0 Å². The number of hydrogen-bond acceptors (Lipinski definition) is 4. The first kappa shape index (κ1) is 22.3. The Balaban J connectivity index is 0. The van der Waals surface area contributed by atoms with Crippen LogP contribution in [0.15, 0.2) is 24.3 Å². The molecule has 0 aromatic rings. The minimum absolute atomic E-state index is 0.347. The lowest BCUT2D eigenvalue weighted by molar-refractivity contribution is -0.312. The SMILES string of the molecule is C=C(C)C(=O)OC.C=C(C)C(=O)OC(C(F)(F)F)C(F)(F)F. The van der Waals surface area contributed by atoms with Crippen LogP contribution >= 0.6 is 0 Å². The Morgan fingerprint density at radius 1 is 0.864 bits per heavy atom. The Morgan fingerprint density at radius 3 is 1.32 bits per heavy atom. The fourth-order valence-corrected chi connectivity index (χ4v) is 0.701. The number of alkyl halides is 6. The van der Waals surface area contributed by atoms with Gasteiger partial charge in [-0.3, -0.25) is 0 Å². The molecule has 0 N–H and O–H groups in total. The van der Waals surface area contributed by atoms with E-state index in [0.717, 1.165) is 6.92 Å². The van der Waals surface area contributed by atoms with Crippen molar-refractivity contribution < 1.29 is 45.4 Å². The standard InChI is InChI=1S/C7H6F6O2.C5H8O2/c1-3(2)4(14)15-5(6(8,9)10)7(11,12)13;1-4(2)5(6)7-3/h5H,1H2,2H3;1H2,2-3H3. The maximum absolute atomic E-state index is 11.8. The molecule has 0 aliphatic rings. The first-order valence-corrected chi connectivity index (χ1v) is 5.38. The highest BCUT2D eigenvalue weighted by atomic mass is 19.4. The molecule has 0 aromatic carbocycles. The molecule has 0 aliphatic carbocycles. The van der Waals surface area contributed by atoms with Crippen molar-refractivity contribution in [1.29, 1.82) is 0 Å². The topological polar surface area (TPSA) is 52.6 Å². The average molecular weight is 336 g/mol. The largest absolute Gasteiger partial charge is 0.466 e. The van der Waals surface area contributed by atoms with Crippen molar-refractivity contribution in [2.75, 3.05) is 7.11 Å². The normalized spacial score (nSPS) is 11.2. The van der Waals surface area contributed by atoms with Crippen LogP contribution in [0.4, 0.5) is 26.3 Å². The van der Waals surface area contributed by atoms with E-state index in [1.807, 2.05) is 0 Å². The lowest BCUT2D eigenvalue weighted by Gasteiger charge is -2.22. The molecule has 0 saturated heterocycles. The Hall–Kier alpha value is -2.00. The third kappa shape index (κ3) is 9.03. The predicted octanol–water partition coefficient (Wildman–Crippen LogP) is 3.33. The Labute approximate surface area is 122 Å². The molecule has 128 valence electrons. The number of esters is 2. The molecule has 0 saturated carbocycles. The van der Waals surface area contributed by atoms with E-state index in [-0.39, 0.29) is 5.97 Å². The van der Waals surface area contributed by atoms with Crippen LogP contribution in [0.1, 0.15) is 13.8 Å². The number of methoxy groups -OCH3 is 1. The third-order valence-corrected chi connectivity index (χ3v) is 1.70. The average Bonchev–Trinajstić information content (AvgIpc) is 2.32. The number of carbonyl (C=O) groups excluding carboxylic acids is 2. The molecule has 0 rings (SSSR count). The predicted molar refractivity (Wildman–Crippen MR) is 63.6 cm³/mol. The van der Waals surface area contributed by atoms with Crippen LogP contribution in [0.25, 0.3) is 0 Å². The maximum Gasteiger partial charge on any atom is 0.434 e. The minimum Gasteiger partial charge on any atom is -0.466 e. The van der Waals surface area contributed by atoms with Crippen molar-refractivity contribution in [1.82, 2.24) is 0 Å². The Kier molecular flexibility index (Phi) is 8.55. The van der Waals surface area contributed by atoms with E-state index in [2.05, 4.69) is 22.6 Å². The van der Waals surface area contributed by atoms with E-state index in [4.69, 9.17) is 0 Å². The first-order chi connectivity index (χ1) is 9.64. The van der Waals surface area contributed by atoms with Gasteiger partial charge in [-0.05, 0) is 13.8 Å². The Morgan fingerprint density at radius 2 is 1.18 bits per heavy atom. The number of halogens is 6. The van der Waals surface area contributed by atoms with E-state index < -0.39 is 30.0 Å². The van der Waals surface area contributed by atoms with Crippen molar-refractivity contribution in [2.24, 2.45) is 0 Å². The highest BCUT2D eigenvalue weighted by Gasteiger charge is 2.59. The number of rotatable bonds is 3. The van der Waals surface area contributed by atoms with Crippen LogP contribution in [-0.2, 0) is 19.1 Å². The molecule has 0 spiro atoms. The van der Waals surface area contributed by atoms with Crippen molar-refractivity contribution in [3.63, 3.8) is 0 Å². The van der Waals surface area contributed by atoms with Gasteiger partial charge < -0.3 is 9.47 Å². The molecule has 0 fully saturated rings. The molecule has 0 radical (unpaired) electrons. The van der Waals surface area contributed by atoms with Gasteiger partial charge in [0.15, 0.2) is 0 Å². The first-order valence-electron chi connectivity index (χ1n) is 5.38. The molecule has 4 nitrogen and oxygen atoms in total. The highest BCUT2D eigenvalue weighted by Crippen LogP contribution is 2.35. The molecule has 0 atom stereocenters. The molecule has 0 aliphatic heterocycles. The Bertz CT molecular complexity index is 422. The molecule has 10 heteroatoms. The summed E-state index contributed by atoms with van der Waals surface area (Å²) >= 11 is 0. The fraction of sp³-hybridized carbons (Fsp3) is 0.500. The minimum atomic E-state index is -5.69. The number of hydrogen-bond donors (Lipinski definition) is 0. The van der Waals surface area contributed by atoms with Gasteiger partial charge in [0, 0.05) is 11.1 Å². The molecule has 0 amide bonds. The monoisotopic (exact) mass is 336 g/mol. The van der Waals surface area contributed by atoms with Crippen molar-refractivity contribution in [3.05, 3.63) is 24.3 Å². The van der Waals surface area contributed by atoms with E-state index in [0.29, 0.717) is 5.57 Å². The maximum atomic E-state index is 11.8. The molecule has 22 heavy (non-hydrogen) atoms. The van der Waals surface area contributed by atoms with Crippen LogP contribution in [0.3, 0.4) is 0 Å². The molecule has 0 heterocycles. The zero-order valence-corrected chi connectivity index (χ0v) is 11.9. The summed E-state index contributed by atoms with van der Waals surface area (Å²) in [7, 11) is 1.33. The summed E-state index contributed by atoms with van der Waals surface area (Å²) in [5, 5.41) is 0. The lowest BCUT2D eigenvalue weighted by atomic mass is 10.3. The van der Waals surface area contributed by atoms with E-state index in [9.17, 15) is 35.9 Å². The van der Waals surface area contributed by atoms with Gasteiger partial charge in [0.1, 0.15) is 0 Å². The number of ether oxygens (including phenoxy) is 2. The summed E-state index contributed by atoms with van der Waals surface area (Å²) < 4.78 is 78.4. The van der Waals surface area contributed by atoms with Crippen LogP contribution in [-0.4, -0.2) is 37.5 Å². The van der Waals surface area contributed by atoms with Crippen molar-refractivity contribution in [3.8, 4) is 0 Å². The van der Waals surface area contributed by atoms with Gasteiger partial charge in [0.05, 0.1) is 7.11 Å². The second-order valence-electron chi connectivity index (χ2n) is 3.92. The van der Waals surface area contributed by atoms with Gasteiger partial charge in [0.25, 0.3) is 6.10 Å². The van der Waals surface area contributed by atoms with Crippen LogP contribution in [0, 0.1) is 0 Å². The number of carbonyl (C=O) groups is 2. The quantitative estimate of drug-likeness (QED) is 0.451. The van der Waals surface area contributed by atoms with E-state index in [1.165, 1.54) is 7.11 Å². The second kappa shape index (κ2) is 8.44. The summed E-state index contributed by atoms with van der Waals surface area (Å²) in [4.78, 5) is 20.7. The summed E-state index contributed by atoms with van der Waals surface area (Å²) in [6, 6.07) is 0. The van der Waals surface area contributed by atoms with Crippen LogP contribution in [0.5, 0.6) is 0 Å². The molecular weight excluding hydrogens is 322 g/mol. The van der Waals surface area contributed by atoms with Crippen molar-refractivity contribution >= 4 is 11.9 Å². The molecule has 0 aromatic heterocycles. The van der Waals surface area contributed by atoms with E-state index in [1.54, 1.807) is 6.92 Å². The van der Waals surface area contributed by atoms with Crippen LogP contribution < -0.4 is 0 Å². The highest BCUT2D eigenvalue weighted by molar-refractivity contribution is 5.87. The fourth-order valence-electron chi connectivity index (χ4n) is 0.701. The van der Waals surface area contributed by atoms with Gasteiger partial charge in [-0.15, -0.1) is 0 Å². The third-order valence-electron chi connectivity index (χ3n) is 1.70. The van der Waals surface area contributed by atoms with Gasteiger partial charge in [0.2, 0.25) is 0 Å². The summed E-state index contributed by atoms with van der Waals surface area (Å²) in [5.41, 5.74) is -0.115. The smallest absolute Gasteiger partial charge is 0.434 e. The molecular formula is C12H14F6O4. The lowest BCUT2D eigenvalue weighted by Crippen LogP contribution is -2.45. The van der Waals surface area contributed by atoms with Crippen molar-refractivity contribution in [2.45, 2.75) is 32.3 Å². The zero-order chi connectivity index (χ0) is 18.3. The molecule has 0 bridgehead atoms. The van der Waals surface area contributed by atoms with Gasteiger partial charge in [-0.2, -0.15) is 26.3 Å². The summed E-state index contributed by atoms with van der Waals surface area (Å²) in [5.74, 6) is -2.09. The second-order valence-corrected chi connectivity index (χ2v) is 3.92. The summed E-state index contributed by atoms with van der Waals surface area (Å²) in [6.45, 7) is 8.75. The zero-order valence-electron chi connectivity index (χ0n) is 11.9. The summed E-state index contributed by atoms with van der Waals surface area (Å²) in [6.07, 6.45) is -15.5. The van der Waals surface area contributed by atoms with Gasteiger partial charge in [-0.25, -0.2) is 9.59 Å². The van der Waals surface area contributed by atoms with Gasteiger partial charge >= 0.3 is 24.3 Å². The van der Waals surface area contributed by atoms with Crippen LogP contribution in [0.2, 0.25) is 0 Å². The molecule has 0 unspecified atom stereocenters. The van der Waals surface area contributed by atoms with Gasteiger partial charge in [-0.1, -0.05) is 13.2 Å².